The van der Waals surface area contributed by atoms with Gasteiger partial charge in [-0.15, -0.1) is 11.6 Å². The molecule has 0 aliphatic heterocycles. The van der Waals surface area contributed by atoms with Crippen LogP contribution in [-0.2, 0) is 0 Å². The van der Waals surface area contributed by atoms with E-state index >= 15 is 0 Å². The Balaban J connectivity index is 2.88. The maximum atomic E-state index is 6.08. The van der Waals surface area contributed by atoms with Crippen LogP contribution in [-0.4, -0.2) is 3.78 Å². The summed E-state index contributed by atoms with van der Waals surface area (Å²) in [6, 6.07) is 0. The van der Waals surface area contributed by atoms with E-state index in [-0.39, 0.29) is 0 Å². The van der Waals surface area contributed by atoms with Crippen molar-refractivity contribution in [1.29, 1.82) is 0 Å². The normalized spacial score (nSPS) is 39.6. The highest BCUT2D eigenvalue weighted by Gasteiger charge is 2.28. The van der Waals surface area contributed by atoms with Crippen molar-refractivity contribution in [2.45, 2.75) is 10.7 Å². The molecule has 3 heteroatoms. The van der Waals surface area contributed by atoms with Gasteiger partial charge >= 0.3 is 0 Å². The van der Waals surface area contributed by atoms with E-state index < -0.39 is 3.78 Å². The summed E-state index contributed by atoms with van der Waals surface area (Å²) in [7, 11) is 0. The van der Waals surface area contributed by atoms with E-state index in [4.69, 9.17) is 11.6 Å². The van der Waals surface area contributed by atoms with Gasteiger partial charge in [-0.3, -0.25) is 0 Å². The molecule has 2 unspecified atom stereocenters. The molecule has 1 aliphatic rings. The molecule has 0 nitrogen and oxygen atoms in total. The lowest BCUT2D eigenvalue weighted by Gasteiger charge is -2.24. The Hall–Kier alpha value is 0.730. The molecule has 10 heavy (non-hydrogen) atoms. The summed E-state index contributed by atoms with van der Waals surface area (Å²) in [5, 5.41) is 0. The highest BCUT2D eigenvalue weighted by atomic mass is 79.9. The van der Waals surface area contributed by atoms with Gasteiger partial charge in [-0.2, -0.15) is 0 Å². The van der Waals surface area contributed by atoms with Crippen LogP contribution in [0.4, 0.5) is 0 Å². The molecule has 0 aromatic carbocycles. The maximum Gasteiger partial charge on any atom is 0.124 e. The molecule has 0 N–H and O–H groups in total. The van der Waals surface area contributed by atoms with E-state index in [1.807, 2.05) is 12.2 Å². The monoisotopic (exact) mass is 284 g/mol. The second-order valence-electron chi connectivity index (χ2n) is 2.35. The Labute approximate surface area is 82.6 Å². The third-order valence-corrected chi connectivity index (χ3v) is 3.38. The van der Waals surface area contributed by atoms with E-state index in [1.54, 1.807) is 0 Å². The standard InChI is InChI=1S/C7H7Br2Cl/c1-5-2-3-6(8)4-7(5,9)10/h2-5H,1H3. The molecule has 0 radical (unpaired) electrons. The lowest BCUT2D eigenvalue weighted by molar-refractivity contribution is 0.713. The van der Waals surface area contributed by atoms with Crippen LogP contribution in [0, 0.1) is 5.92 Å². The van der Waals surface area contributed by atoms with Gasteiger partial charge in [-0.05, 0) is 6.08 Å². The van der Waals surface area contributed by atoms with Crippen molar-refractivity contribution in [2.75, 3.05) is 0 Å². The van der Waals surface area contributed by atoms with Crippen LogP contribution in [0.15, 0.2) is 22.7 Å². The predicted molar refractivity (Wildman–Crippen MR) is 52.8 cm³/mol. The lowest BCUT2D eigenvalue weighted by atomic mass is 10.0. The van der Waals surface area contributed by atoms with Gasteiger partial charge in [0.1, 0.15) is 3.78 Å². The summed E-state index contributed by atoms with van der Waals surface area (Å²) in [6.07, 6.45) is 6.01. The van der Waals surface area contributed by atoms with Crippen LogP contribution < -0.4 is 0 Å². The van der Waals surface area contributed by atoms with E-state index in [0.717, 1.165) is 4.48 Å². The van der Waals surface area contributed by atoms with Gasteiger partial charge in [0.25, 0.3) is 0 Å². The van der Waals surface area contributed by atoms with E-state index in [1.165, 1.54) is 0 Å². The number of alkyl halides is 2. The van der Waals surface area contributed by atoms with E-state index in [2.05, 4.69) is 44.9 Å². The number of allylic oxidation sites excluding steroid dienone is 4. The van der Waals surface area contributed by atoms with Crippen molar-refractivity contribution in [3.05, 3.63) is 22.7 Å². The Kier molecular flexibility index (Phi) is 2.64. The van der Waals surface area contributed by atoms with Crippen molar-refractivity contribution in [1.82, 2.24) is 0 Å². The average molecular weight is 286 g/mol. The Bertz CT molecular complexity index is 194. The third kappa shape index (κ3) is 1.86. The quantitative estimate of drug-likeness (QED) is 0.594. The highest BCUT2D eigenvalue weighted by molar-refractivity contribution is 9.12. The molecule has 0 aromatic rings. The molecule has 0 heterocycles. The number of hydrogen-bond donors (Lipinski definition) is 0. The van der Waals surface area contributed by atoms with E-state index in [9.17, 15) is 0 Å². The Morgan fingerprint density at radius 2 is 2.30 bits per heavy atom. The second-order valence-corrected chi connectivity index (χ2v) is 5.66. The van der Waals surface area contributed by atoms with Crippen LogP contribution in [0.1, 0.15) is 6.92 Å². The summed E-state index contributed by atoms with van der Waals surface area (Å²) in [5.41, 5.74) is 0. The molecule has 0 amide bonds. The molecule has 0 saturated heterocycles. The second kappa shape index (κ2) is 3.00. The van der Waals surface area contributed by atoms with Crippen molar-refractivity contribution < 1.29 is 0 Å². The molecule has 56 valence electrons. The van der Waals surface area contributed by atoms with Gasteiger partial charge in [0.15, 0.2) is 0 Å². The summed E-state index contributed by atoms with van der Waals surface area (Å²) < 4.78 is 0.623. The first-order chi connectivity index (χ1) is 4.52. The van der Waals surface area contributed by atoms with Gasteiger partial charge in [0.05, 0.1) is 0 Å². The molecule has 0 aromatic heterocycles. The molecule has 1 rings (SSSR count). The fourth-order valence-electron chi connectivity index (χ4n) is 0.728. The highest BCUT2D eigenvalue weighted by Crippen LogP contribution is 2.39. The van der Waals surface area contributed by atoms with Crippen LogP contribution in [0.5, 0.6) is 0 Å². The van der Waals surface area contributed by atoms with Gasteiger partial charge in [-0.1, -0.05) is 50.9 Å². The first-order valence-corrected chi connectivity index (χ1v) is 4.93. The molecule has 0 saturated carbocycles. The molecular weight excluding hydrogens is 279 g/mol. The van der Waals surface area contributed by atoms with Gasteiger partial charge in [0, 0.05) is 10.4 Å². The first kappa shape index (κ1) is 8.82. The Morgan fingerprint density at radius 1 is 1.70 bits per heavy atom. The summed E-state index contributed by atoms with van der Waals surface area (Å²) in [4.78, 5) is 0. The molecule has 2 atom stereocenters. The zero-order valence-corrected chi connectivity index (χ0v) is 9.37. The van der Waals surface area contributed by atoms with Gasteiger partial charge in [0.2, 0.25) is 0 Å². The summed E-state index contributed by atoms with van der Waals surface area (Å²) >= 11 is 12.8. The van der Waals surface area contributed by atoms with Crippen molar-refractivity contribution in [3.8, 4) is 0 Å². The minimum atomic E-state index is -0.402. The van der Waals surface area contributed by atoms with Crippen LogP contribution in [0.25, 0.3) is 0 Å². The van der Waals surface area contributed by atoms with Crippen molar-refractivity contribution in [3.63, 3.8) is 0 Å². The van der Waals surface area contributed by atoms with E-state index in [0.29, 0.717) is 5.92 Å². The largest absolute Gasteiger partial charge is 0.124 e. The average Bonchev–Trinajstić information content (AvgIpc) is 1.78. The zero-order chi connectivity index (χ0) is 7.78. The number of hydrogen-bond acceptors (Lipinski definition) is 0. The maximum absolute atomic E-state index is 6.08. The van der Waals surface area contributed by atoms with Gasteiger partial charge < -0.3 is 0 Å². The van der Waals surface area contributed by atoms with Gasteiger partial charge in [-0.25, -0.2) is 0 Å². The van der Waals surface area contributed by atoms with Crippen molar-refractivity contribution in [2.24, 2.45) is 5.92 Å². The number of halogens is 3. The minimum absolute atomic E-state index is 0.329. The predicted octanol–water partition coefficient (Wildman–Crippen LogP) is 3.80. The molecule has 1 aliphatic carbocycles. The zero-order valence-electron chi connectivity index (χ0n) is 5.44. The van der Waals surface area contributed by atoms with Crippen LogP contribution in [0.3, 0.4) is 0 Å². The molecule has 0 fully saturated rings. The fourth-order valence-corrected chi connectivity index (χ4v) is 2.27. The Morgan fingerprint density at radius 3 is 2.70 bits per heavy atom. The fraction of sp³-hybridized carbons (Fsp3) is 0.429. The van der Waals surface area contributed by atoms with Crippen LogP contribution >= 0.6 is 43.5 Å². The summed E-state index contributed by atoms with van der Waals surface area (Å²) in [5.74, 6) is 0.329. The van der Waals surface area contributed by atoms with Crippen molar-refractivity contribution >= 4 is 43.5 Å². The molecular formula is C7H7Br2Cl. The lowest BCUT2D eigenvalue weighted by Crippen LogP contribution is -2.20. The topological polar surface area (TPSA) is 0 Å². The summed E-state index contributed by atoms with van der Waals surface area (Å²) in [6.45, 7) is 2.06. The SMILES string of the molecule is CC1C=CC(Br)=CC1(Cl)Br. The number of rotatable bonds is 0. The minimum Gasteiger partial charge on any atom is -0.101 e. The molecule has 0 bridgehead atoms. The van der Waals surface area contributed by atoms with Crippen LogP contribution in [0.2, 0.25) is 0 Å². The molecule has 0 spiro atoms. The first-order valence-electron chi connectivity index (χ1n) is 2.97. The third-order valence-electron chi connectivity index (χ3n) is 1.48. The smallest absolute Gasteiger partial charge is 0.101 e.